The second kappa shape index (κ2) is 9.00. The van der Waals surface area contributed by atoms with E-state index in [0.717, 1.165) is 11.3 Å². The Labute approximate surface area is 175 Å². The minimum atomic E-state index is -0.657. The van der Waals surface area contributed by atoms with Crippen molar-refractivity contribution < 1.29 is 19.4 Å². The molecule has 156 valence electrons. The van der Waals surface area contributed by atoms with Gasteiger partial charge in [0.1, 0.15) is 23.3 Å². The van der Waals surface area contributed by atoms with Crippen LogP contribution in [0.25, 0.3) is 11.3 Å². The first-order chi connectivity index (χ1) is 14.6. The predicted octanol–water partition coefficient (Wildman–Crippen LogP) is 3.13. The first kappa shape index (κ1) is 20.0. The average Bonchev–Trinajstić information content (AvgIpc) is 3.21. The van der Waals surface area contributed by atoms with E-state index in [0.29, 0.717) is 43.1 Å². The Bertz CT molecular complexity index is 989. The molecule has 2 atom stereocenters. The number of methoxy groups -OCH3 is 1. The molecule has 0 unspecified atom stereocenters. The highest BCUT2D eigenvalue weighted by Gasteiger charge is 2.29. The molecule has 1 amide bonds. The molecule has 2 N–H and O–H groups in total. The van der Waals surface area contributed by atoms with E-state index in [2.05, 4.69) is 10.2 Å². The van der Waals surface area contributed by atoms with E-state index in [9.17, 15) is 9.90 Å². The highest BCUT2D eigenvalue weighted by Crippen LogP contribution is 2.24. The lowest BCUT2D eigenvalue weighted by Gasteiger charge is -2.22. The van der Waals surface area contributed by atoms with Crippen LogP contribution >= 0.6 is 0 Å². The Morgan fingerprint density at radius 1 is 1.07 bits per heavy atom. The summed E-state index contributed by atoms with van der Waals surface area (Å²) >= 11 is 0. The van der Waals surface area contributed by atoms with E-state index in [1.807, 2.05) is 48.5 Å². The van der Waals surface area contributed by atoms with Gasteiger partial charge in [0.2, 0.25) is 0 Å². The second-order valence-electron chi connectivity index (χ2n) is 7.31. The Kier molecular flexibility index (Phi) is 5.99. The lowest BCUT2D eigenvalue weighted by atomic mass is 10.1. The first-order valence-electron chi connectivity index (χ1n) is 10.0. The summed E-state index contributed by atoms with van der Waals surface area (Å²) < 4.78 is 11.2. The predicted molar refractivity (Wildman–Crippen MR) is 113 cm³/mol. The number of hydrogen-bond acceptors (Lipinski definition) is 5. The lowest BCUT2D eigenvalue weighted by Crippen LogP contribution is -2.32. The summed E-state index contributed by atoms with van der Waals surface area (Å²) in [5, 5.41) is 17.7. The number of aromatic nitrogens is 2. The molecule has 2 heterocycles. The van der Waals surface area contributed by atoms with Gasteiger partial charge in [0.15, 0.2) is 0 Å². The van der Waals surface area contributed by atoms with Gasteiger partial charge in [0.05, 0.1) is 18.9 Å². The summed E-state index contributed by atoms with van der Waals surface area (Å²) in [6.45, 7) is 0.946. The van der Waals surface area contributed by atoms with E-state index in [4.69, 9.17) is 9.47 Å². The number of benzene rings is 2. The molecular formula is C23H25N3O4. The fourth-order valence-corrected chi connectivity index (χ4v) is 3.61. The van der Waals surface area contributed by atoms with Crippen LogP contribution in [-0.2, 0) is 0 Å². The van der Waals surface area contributed by atoms with E-state index in [1.54, 1.807) is 24.1 Å². The van der Waals surface area contributed by atoms with Crippen LogP contribution < -0.4 is 9.47 Å². The molecule has 3 aromatic rings. The fourth-order valence-electron chi connectivity index (χ4n) is 3.61. The van der Waals surface area contributed by atoms with Crippen LogP contribution in [0.2, 0.25) is 0 Å². The molecule has 1 aliphatic heterocycles. The Hall–Kier alpha value is -3.32. The third-order valence-electron chi connectivity index (χ3n) is 5.30. The van der Waals surface area contributed by atoms with Gasteiger partial charge in [-0.25, -0.2) is 0 Å². The van der Waals surface area contributed by atoms with Crippen molar-refractivity contribution >= 4 is 5.91 Å². The van der Waals surface area contributed by atoms with Crippen molar-refractivity contribution in [2.45, 2.75) is 25.0 Å². The topological polar surface area (TPSA) is 87.7 Å². The monoisotopic (exact) mass is 407 g/mol. The van der Waals surface area contributed by atoms with Crippen LogP contribution in [0, 0.1) is 0 Å². The molecule has 0 saturated carbocycles. The SMILES string of the molecule is COc1cccc(O[C@H]2CCN(C(=O)c3cc(-c4ccccc4)n[nH]3)CC[C@@H]2O)c1. The maximum atomic E-state index is 13.0. The molecule has 7 heteroatoms. The van der Waals surface area contributed by atoms with E-state index >= 15 is 0 Å². The number of hydrogen-bond donors (Lipinski definition) is 2. The fraction of sp³-hybridized carbons (Fsp3) is 0.304. The number of amides is 1. The van der Waals surface area contributed by atoms with Gasteiger partial charge in [-0.3, -0.25) is 9.89 Å². The number of ether oxygens (including phenoxy) is 2. The number of nitrogens with zero attached hydrogens (tertiary/aromatic N) is 2. The summed E-state index contributed by atoms with van der Waals surface area (Å²) in [7, 11) is 1.60. The zero-order chi connectivity index (χ0) is 20.9. The number of nitrogens with one attached hydrogen (secondary N) is 1. The lowest BCUT2D eigenvalue weighted by molar-refractivity contribution is 0.0349. The van der Waals surface area contributed by atoms with E-state index in [-0.39, 0.29) is 5.91 Å². The van der Waals surface area contributed by atoms with Gasteiger partial charge >= 0.3 is 0 Å². The Morgan fingerprint density at radius 3 is 2.63 bits per heavy atom. The molecule has 1 fully saturated rings. The molecular weight excluding hydrogens is 382 g/mol. The maximum Gasteiger partial charge on any atom is 0.271 e. The third-order valence-corrected chi connectivity index (χ3v) is 5.30. The number of carbonyl (C=O) groups excluding carboxylic acids is 1. The summed E-state index contributed by atoms with van der Waals surface area (Å²) in [4.78, 5) is 14.7. The molecule has 2 aromatic carbocycles. The van der Waals surface area contributed by atoms with Crippen molar-refractivity contribution in [3.8, 4) is 22.8 Å². The molecule has 0 radical (unpaired) electrons. The van der Waals surface area contributed by atoms with Gasteiger partial charge in [-0.2, -0.15) is 5.10 Å². The highest BCUT2D eigenvalue weighted by atomic mass is 16.5. The molecule has 1 aromatic heterocycles. The van der Waals surface area contributed by atoms with Crippen molar-refractivity contribution in [2.24, 2.45) is 0 Å². The number of likely N-dealkylation sites (tertiary alicyclic amines) is 1. The van der Waals surface area contributed by atoms with E-state index < -0.39 is 12.2 Å². The second-order valence-corrected chi connectivity index (χ2v) is 7.31. The average molecular weight is 407 g/mol. The molecule has 1 aliphatic rings. The van der Waals surface area contributed by atoms with Gasteiger partial charge in [0.25, 0.3) is 5.91 Å². The van der Waals surface area contributed by atoms with Crippen molar-refractivity contribution in [1.29, 1.82) is 0 Å². The maximum absolute atomic E-state index is 13.0. The number of aliphatic hydroxyl groups is 1. The van der Waals surface area contributed by atoms with Crippen molar-refractivity contribution in [3.05, 3.63) is 66.4 Å². The Morgan fingerprint density at radius 2 is 1.83 bits per heavy atom. The molecule has 0 spiro atoms. The number of rotatable bonds is 5. The van der Waals surface area contributed by atoms with Crippen LogP contribution in [0.1, 0.15) is 23.3 Å². The quantitative estimate of drug-likeness (QED) is 0.679. The summed E-state index contributed by atoms with van der Waals surface area (Å²) in [6, 6.07) is 18.8. The number of aromatic amines is 1. The summed E-state index contributed by atoms with van der Waals surface area (Å²) in [6.07, 6.45) is -0.0728. The third kappa shape index (κ3) is 4.46. The largest absolute Gasteiger partial charge is 0.497 e. The number of H-pyrrole nitrogens is 1. The van der Waals surface area contributed by atoms with Gasteiger partial charge in [-0.15, -0.1) is 0 Å². The van der Waals surface area contributed by atoms with Crippen molar-refractivity contribution in [1.82, 2.24) is 15.1 Å². The molecule has 1 saturated heterocycles. The number of aliphatic hydroxyl groups excluding tert-OH is 1. The molecule has 0 bridgehead atoms. The Balaban J connectivity index is 1.42. The van der Waals surface area contributed by atoms with Crippen LogP contribution in [-0.4, -0.2) is 58.5 Å². The van der Waals surface area contributed by atoms with Crippen LogP contribution in [0.3, 0.4) is 0 Å². The summed E-state index contributed by atoms with van der Waals surface area (Å²) in [5.41, 5.74) is 2.12. The molecule has 4 rings (SSSR count). The molecule has 0 aliphatic carbocycles. The van der Waals surface area contributed by atoms with Gasteiger partial charge in [-0.05, 0) is 24.6 Å². The molecule has 30 heavy (non-hydrogen) atoms. The van der Waals surface area contributed by atoms with Crippen LogP contribution in [0.5, 0.6) is 11.5 Å². The van der Waals surface area contributed by atoms with Gasteiger partial charge in [-0.1, -0.05) is 36.4 Å². The highest BCUT2D eigenvalue weighted by molar-refractivity contribution is 5.93. The van der Waals surface area contributed by atoms with Gasteiger partial charge < -0.3 is 19.5 Å². The van der Waals surface area contributed by atoms with Gasteiger partial charge in [0, 0.05) is 31.1 Å². The minimum absolute atomic E-state index is 0.126. The molecule has 7 nitrogen and oxygen atoms in total. The zero-order valence-electron chi connectivity index (χ0n) is 16.8. The standard InChI is InChI=1S/C23H25N3O4/c1-29-17-8-5-9-18(14-17)30-22-11-13-26(12-10-21(22)27)23(28)20-15-19(24-25-20)16-6-3-2-4-7-16/h2-9,14-15,21-22,27H,10-13H2,1H3,(H,24,25)/t21-,22-/m0/s1. The number of carbonyl (C=O) groups is 1. The first-order valence-corrected chi connectivity index (χ1v) is 10.0. The van der Waals surface area contributed by atoms with Crippen LogP contribution in [0.15, 0.2) is 60.7 Å². The normalized spacial score (nSPS) is 19.2. The van der Waals surface area contributed by atoms with Crippen molar-refractivity contribution in [2.75, 3.05) is 20.2 Å². The van der Waals surface area contributed by atoms with Crippen molar-refractivity contribution in [3.63, 3.8) is 0 Å². The minimum Gasteiger partial charge on any atom is -0.497 e. The van der Waals surface area contributed by atoms with Crippen LogP contribution in [0.4, 0.5) is 0 Å². The smallest absolute Gasteiger partial charge is 0.271 e. The zero-order valence-corrected chi connectivity index (χ0v) is 16.8. The summed E-state index contributed by atoms with van der Waals surface area (Å²) in [5.74, 6) is 1.21. The van der Waals surface area contributed by atoms with E-state index in [1.165, 1.54) is 0 Å².